The number of rotatable bonds is 3. The Bertz CT molecular complexity index is 485. The minimum Gasteiger partial charge on any atom is -0.493 e. The molecule has 0 spiro atoms. The number of ether oxygens (including phenoxy) is 1. The summed E-state index contributed by atoms with van der Waals surface area (Å²) in [5.74, 6) is 1.01. The summed E-state index contributed by atoms with van der Waals surface area (Å²) in [5, 5.41) is 12.6. The molecule has 2 aliphatic rings. The van der Waals surface area contributed by atoms with Gasteiger partial charge >= 0.3 is 0 Å². The number of hydrogen-bond donors (Lipinski definition) is 1. The standard InChI is InChI=1S/C14H16N2O/c1-16-13(14(9-15)5-6-14)11-2-3-12-10(8-11)4-7-17-12/h2-3,8,13,16H,4-7H2,1H3. The quantitative estimate of drug-likeness (QED) is 0.862. The van der Waals surface area contributed by atoms with E-state index in [9.17, 15) is 5.26 Å². The Morgan fingerprint density at radius 2 is 2.29 bits per heavy atom. The zero-order valence-electron chi connectivity index (χ0n) is 9.99. The normalized spacial score (nSPS) is 21.2. The summed E-state index contributed by atoms with van der Waals surface area (Å²) < 4.78 is 5.51. The molecule has 1 fully saturated rings. The number of fused-ring (bicyclic) bond motifs is 1. The maximum atomic E-state index is 9.30. The van der Waals surface area contributed by atoms with Crippen molar-refractivity contribution in [2.24, 2.45) is 5.41 Å². The van der Waals surface area contributed by atoms with E-state index in [1.54, 1.807) is 0 Å². The molecule has 3 rings (SSSR count). The van der Waals surface area contributed by atoms with E-state index in [1.807, 2.05) is 13.1 Å². The molecule has 3 heteroatoms. The van der Waals surface area contributed by atoms with Gasteiger partial charge in [0.25, 0.3) is 0 Å². The molecule has 1 aliphatic carbocycles. The van der Waals surface area contributed by atoms with Gasteiger partial charge in [0.05, 0.1) is 24.1 Å². The van der Waals surface area contributed by atoms with Crippen molar-refractivity contribution in [2.75, 3.05) is 13.7 Å². The van der Waals surface area contributed by atoms with Crippen LogP contribution in [0.5, 0.6) is 5.75 Å². The molecule has 0 saturated heterocycles. The smallest absolute Gasteiger partial charge is 0.122 e. The maximum absolute atomic E-state index is 9.30. The van der Waals surface area contributed by atoms with Gasteiger partial charge in [-0.1, -0.05) is 12.1 Å². The average molecular weight is 228 g/mol. The van der Waals surface area contributed by atoms with Crippen molar-refractivity contribution in [1.82, 2.24) is 5.32 Å². The van der Waals surface area contributed by atoms with E-state index in [1.165, 1.54) is 11.1 Å². The molecule has 3 nitrogen and oxygen atoms in total. The lowest BCUT2D eigenvalue weighted by Gasteiger charge is -2.21. The monoisotopic (exact) mass is 228 g/mol. The number of benzene rings is 1. The minimum atomic E-state index is -0.178. The fourth-order valence-electron chi connectivity index (χ4n) is 2.75. The molecule has 0 aromatic heterocycles. The Labute approximate surface area is 101 Å². The zero-order valence-corrected chi connectivity index (χ0v) is 9.99. The second-order valence-corrected chi connectivity index (χ2v) is 4.96. The van der Waals surface area contributed by atoms with Crippen LogP contribution in [0.1, 0.15) is 30.0 Å². The van der Waals surface area contributed by atoms with Crippen LogP contribution in [0.25, 0.3) is 0 Å². The van der Waals surface area contributed by atoms with Gasteiger partial charge in [0.2, 0.25) is 0 Å². The molecule has 1 aromatic rings. The largest absolute Gasteiger partial charge is 0.493 e. The van der Waals surface area contributed by atoms with Crippen LogP contribution in [-0.2, 0) is 6.42 Å². The summed E-state index contributed by atoms with van der Waals surface area (Å²) in [5.41, 5.74) is 2.31. The Kier molecular flexibility index (Phi) is 2.34. The summed E-state index contributed by atoms with van der Waals surface area (Å²) in [7, 11) is 1.94. The van der Waals surface area contributed by atoms with Gasteiger partial charge in [-0.05, 0) is 37.1 Å². The first-order valence-corrected chi connectivity index (χ1v) is 6.13. The molecule has 1 heterocycles. The molecule has 1 atom stereocenters. The van der Waals surface area contributed by atoms with E-state index in [0.29, 0.717) is 0 Å². The van der Waals surface area contributed by atoms with Gasteiger partial charge in [-0.2, -0.15) is 5.26 Å². The Balaban J connectivity index is 1.95. The summed E-state index contributed by atoms with van der Waals surface area (Å²) in [6.45, 7) is 0.784. The van der Waals surface area contributed by atoms with E-state index >= 15 is 0 Å². The maximum Gasteiger partial charge on any atom is 0.122 e. The molecule has 1 aliphatic heterocycles. The van der Waals surface area contributed by atoms with Crippen molar-refractivity contribution in [1.29, 1.82) is 5.26 Å². The van der Waals surface area contributed by atoms with E-state index < -0.39 is 0 Å². The predicted molar refractivity (Wildman–Crippen MR) is 64.7 cm³/mol. The molecule has 1 saturated carbocycles. The molecule has 0 amide bonds. The van der Waals surface area contributed by atoms with Crippen molar-refractivity contribution in [3.8, 4) is 11.8 Å². The van der Waals surface area contributed by atoms with Crippen LogP contribution in [-0.4, -0.2) is 13.7 Å². The highest BCUT2D eigenvalue weighted by molar-refractivity contribution is 5.42. The highest BCUT2D eigenvalue weighted by atomic mass is 16.5. The van der Waals surface area contributed by atoms with Crippen LogP contribution in [0.15, 0.2) is 18.2 Å². The number of nitrogens with one attached hydrogen (secondary N) is 1. The van der Waals surface area contributed by atoms with Gasteiger partial charge in [-0.3, -0.25) is 0 Å². The second-order valence-electron chi connectivity index (χ2n) is 4.96. The average Bonchev–Trinajstić information content (AvgIpc) is 3.00. The van der Waals surface area contributed by atoms with Gasteiger partial charge < -0.3 is 10.1 Å². The van der Waals surface area contributed by atoms with E-state index in [-0.39, 0.29) is 11.5 Å². The number of nitriles is 1. The lowest BCUT2D eigenvalue weighted by atomic mass is 9.90. The molecule has 0 bridgehead atoms. The third-order valence-corrected chi connectivity index (χ3v) is 3.90. The van der Waals surface area contributed by atoms with Crippen LogP contribution in [0.3, 0.4) is 0 Å². The third kappa shape index (κ3) is 1.60. The molecule has 1 unspecified atom stereocenters. The zero-order chi connectivity index (χ0) is 11.9. The first-order valence-electron chi connectivity index (χ1n) is 6.13. The topological polar surface area (TPSA) is 45.0 Å². The Morgan fingerprint density at radius 1 is 1.47 bits per heavy atom. The third-order valence-electron chi connectivity index (χ3n) is 3.90. The lowest BCUT2D eigenvalue weighted by Crippen LogP contribution is -2.25. The van der Waals surface area contributed by atoms with Crippen molar-refractivity contribution in [3.63, 3.8) is 0 Å². The van der Waals surface area contributed by atoms with Gasteiger partial charge in [0.15, 0.2) is 0 Å². The molecular weight excluding hydrogens is 212 g/mol. The second kappa shape index (κ2) is 3.75. The van der Waals surface area contributed by atoms with Crippen LogP contribution in [0.4, 0.5) is 0 Å². The minimum absolute atomic E-state index is 0.151. The molecule has 88 valence electrons. The van der Waals surface area contributed by atoms with Gasteiger partial charge in [0, 0.05) is 6.42 Å². The van der Waals surface area contributed by atoms with Crippen LogP contribution >= 0.6 is 0 Å². The lowest BCUT2D eigenvalue weighted by molar-refractivity contribution is 0.356. The summed E-state index contributed by atoms with van der Waals surface area (Å²) >= 11 is 0. The fraction of sp³-hybridized carbons (Fsp3) is 0.500. The molecule has 1 N–H and O–H groups in total. The Hall–Kier alpha value is -1.53. The first kappa shape index (κ1) is 10.6. The number of nitrogens with zero attached hydrogens (tertiary/aromatic N) is 1. The first-order chi connectivity index (χ1) is 8.29. The highest BCUT2D eigenvalue weighted by Crippen LogP contribution is 2.54. The van der Waals surface area contributed by atoms with Crippen molar-refractivity contribution < 1.29 is 4.74 Å². The SMILES string of the molecule is CNC(c1ccc2c(c1)CCO2)C1(C#N)CC1. The molecule has 1 aromatic carbocycles. The van der Waals surface area contributed by atoms with E-state index in [4.69, 9.17) is 4.74 Å². The summed E-state index contributed by atoms with van der Waals surface area (Å²) in [6.07, 6.45) is 2.99. The van der Waals surface area contributed by atoms with E-state index in [0.717, 1.165) is 31.6 Å². The molecule has 0 radical (unpaired) electrons. The van der Waals surface area contributed by atoms with Crippen molar-refractivity contribution in [3.05, 3.63) is 29.3 Å². The van der Waals surface area contributed by atoms with Crippen LogP contribution in [0.2, 0.25) is 0 Å². The Morgan fingerprint density at radius 3 is 2.94 bits per heavy atom. The predicted octanol–water partition coefficient (Wildman–Crippen LogP) is 2.19. The van der Waals surface area contributed by atoms with Crippen molar-refractivity contribution in [2.45, 2.75) is 25.3 Å². The van der Waals surface area contributed by atoms with Gasteiger partial charge in [-0.15, -0.1) is 0 Å². The number of hydrogen-bond acceptors (Lipinski definition) is 3. The fourth-order valence-corrected chi connectivity index (χ4v) is 2.75. The highest BCUT2D eigenvalue weighted by Gasteiger charge is 2.50. The molecular formula is C14H16N2O. The molecule has 17 heavy (non-hydrogen) atoms. The van der Waals surface area contributed by atoms with Gasteiger partial charge in [0.1, 0.15) is 5.75 Å². The van der Waals surface area contributed by atoms with Crippen LogP contribution < -0.4 is 10.1 Å². The van der Waals surface area contributed by atoms with Crippen molar-refractivity contribution >= 4 is 0 Å². The summed E-state index contributed by atoms with van der Waals surface area (Å²) in [6, 6.07) is 8.95. The summed E-state index contributed by atoms with van der Waals surface area (Å²) in [4.78, 5) is 0. The van der Waals surface area contributed by atoms with Crippen LogP contribution in [0, 0.1) is 16.7 Å². The van der Waals surface area contributed by atoms with Gasteiger partial charge in [-0.25, -0.2) is 0 Å². The van der Waals surface area contributed by atoms with E-state index in [2.05, 4.69) is 23.5 Å².